The fourth-order valence-electron chi connectivity index (χ4n) is 2.50. The topological polar surface area (TPSA) is 76.2 Å². The minimum atomic E-state index is -0.0956. The van der Waals surface area contributed by atoms with Crippen LogP contribution in [0.5, 0.6) is 0 Å². The highest BCUT2D eigenvalue weighted by molar-refractivity contribution is 7.71. The lowest BCUT2D eigenvalue weighted by Gasteiger charge is -2.16. The Morgan fingerprint density at radius 1 is 1.31 bits per heavy atom. The predicted molar refractivity (Wildman–Crippen MR) is 99.9 cm³/mol. The van der Waals surface area contributed by atoms with Crippen LogP contribution in [-0.4, -0.2) is 39.7 Å². The SMILES string of the molecule is CNC(=O)c1ccc(CN(C)Cn2nc(-c3cccnc3)oc2=S)cc1. The number of nitrogens with one attached hydrogen (secondary N) is 1. The average Bonchev–Trinajstić information content (AvgIpc) is 3.03. The molecular weight excluding hydrogens is 350 g/mol. The Morgan fingerprint density at radius 2 is 2.08 bits per heavy atom. The van der Waals surface area contributed by atoms with Gasteiger partial charge in [0.25, 0.3) is 10.7 Å². The minimum Gasteiger partial charge on any atom is -0.409 e. The van der Waals surface area contributed by atoms with E-state index in [1.54, 1.807) is 24.1 Å². The highest BCUT2D eigenvalue weighted by atomic mass is 32.1. The van der Waals surface area contributed by atoms with Crippen LogP contribution in [0.15, 0.2) is 53.2 Å². The number of carbonyl (C=O) groups is 1. The molecule has 3 aromatic rings. The summed E-state index contributed by atoms with van der Waals surface area (Å²) in [6, 6.07) is 11.2. The highest BCUT2D eigenvalue weighted by Gasteiger charge is 2.10. The third kappa shape index (κ3) is 4.22. The van der Waals surface area contributed by atoms with Gasteiger partial charge in [-0.3, -0.25) is 14.7 Å². The summed E-state index contributed by atoms with van der Waals surface area (Å²) in [5.74, 6) is 0.355. The first kappa shape index (κ1) is 18.0. The number of nitrogens with zero attached hydrogens (tertiary/aromatic N) is 4. The maximum absolute atomic E-state index is 11.6. The monoisotopic (exact) mass is 369 g/mol. The molecule has 0 fully saturated rings. The molecule has 1 N–H and O–H groups in total. The molecule has 26 heavy (non-hydrogen) atoms. The number of hydrogen-bond acceptors (Lipinski definition) is 6. The molecule has 0 atom stereocenters. The van der Waals surface area contributed by atoms with Crippen LogP contribution in [-0.2, 0) is 13.2 Å². The Labute approximate surface area is 156 Å². The number of amides is 1. The van der Waals surface area contributed by atoms with Crippen molar-refractivity contribution in [3.8, 4) is 11.5 Å². The Balaban J connectivity index is 1.67. The average molecular weight is 369 g/mol. The van der Waals surface area contributed by atoms with Gasteiger partial charge in [-0.1, -0.05) is 12.1 Å². The number of rotatable bonds is 6. The minimum absolute atomic E-state index is 0.0956. The van der Waals surface area contributed by atoms with E-state index in [2.05, 4.69) is 20.3 Å². The van der Waals surface area contributed by atoms with E-state index >= 15 is 0 Å². The molecule has 0 saturated carbocycles. The summed E-state index contributed by atoms with van der Waals surface area (Å²) < 4.78 is 7.20. The summed E-state index contributed by atoms with van der Waals surface area (Å²) >= 11 is 5.26. The summed E-state index contributed by atoms with van der Waals surface area (Å²) in [5, 5.41) is 7.03. The fraction of sp³-hybridized carbons (Fsp3) is 0.222. The molecule has 1 amide bonds. The van der Waals surface area contributed by atoms with Crippen molar-refractivity contribution in [1.82, 2.24) is 25.0 Å². The van der Waals surface area contributed by atoms with Gasteiger partial charge in [0.05, 0.1) is 12.2 Å². The molecule has 0 radical (unpaired) electrons. The van der Waals surface area contributed by atoms with E-state index in [1.807, 2.05) is 43.4 Å². The first-order valence-electron chi connectivity index (χ1n) is 8.04. The summed E-state index contributed by atoms with van der Waals surface area (Å²) in [4.78, 5) is 18.0. The van der Waals surface area contributed by atoms with Gasteiger partial charge in [0.1, 0.15) is 0 Å². The lowest BCUT2D eigenvalue weighted by molar-refractivity contribution is 0.0963. The molecule has 2 heterocycles. The van der Waals surface area contributed by atoms with Gasteiger partial charge < -0.3 is 9.73 Å². The smallest absolute Gasteiger partial charge is 0.288 e. The lowest BCUT2D eigenvalue weighted by atomic mass is 10.1. The molecule has 3 rings (SSSR count). The largest absolute Gasteiger partial charge is 0.409 e. The van der Waals surface area contributed by atoms with E-state index in [4.69, 9.17) is 16.6 Å². The Morgan fingerprint density at radius 3 is 2.73 bits per heavy atom. The van der Waals surface area contributed by atoms with Crippen LogP contribution in [0.25, 0.3) is 11.5 Å². The van der Waals surface area contributed by atoms with Gasteiger partial charge in [0, 0.05) is 31.5 Å². The molecule has 8 heteroatoms. The second kappa shape index (κ2) is 8.03. The van der Waals surface area contributed by atoms with Crippen LogP contribution in [0.3, 0.4) is 0 Å². The maximum atomic E-state index is 11.6. The third-order valence-electron chi connectivity index (χ3n) is 3.79. The van der Waals surface area contributed by atoms with Gasteiger partial charge in [-0.2, -0.15) is 0 Å². The second-order valence-corrected chi connectivity index (χ2v) is 6.20. The van der Waals surface area contributed by atoms with Gasteiger partial charge in [-0.25, -0.2) is 4.68 Å². The van der Waals surface area contributed by atoms with Crippen molar-refractivity contribution in [3.05, 3.63) is 64.8 Å². The summed E-state index contributed by atoms with van der Waals surface area (Å²) in [6.07, 6.45) is 3.38. The standard InChI is InChI=1S/C18H19N5O2S/c1-19-16(24)14-7-5-13(6-8-14)11-22(2)12-23-18(26)25-17(21-23)15-4-3-9-20-10-15/h3-10H,11-12H2,1-2H3,(H,19,24). The molecule has 0 aliphatic rings. The molecule has 0 unspecified atom stereocenters. The van der Waals surface area contributed by atoms with Crippen molar-refractivity contribution in [3.63, 3.8) is 0 Å². The predicted octanol–water partition coefficient (Wildman–Crippen LogP) is 2.72. The number of benzene rings is 1. The molecule has 2 aromatic heterocycles. The van der Waals surface area contributed by atoms with E-state index in [0.29, 0.717) is 29.5 Å². The van der Waals surface area contributed by atoms with Crippen LogP contribution < -0.4 is 5.32 Å². The van der Waals surface area contributed by atoms with Gasteiger partial charge in [0.15, 0.2) is 0 Å². The Bertz CT molecular complexity index is 934. The second-order valence-electron chi connectivity index (χ2n) is 5.85. The Kier molecular flexibility index (Phi) is 5.55. The van der Waals surface area contributed by atoms with Crippen molar-refractivity contribution in [2.75, 3.05) is 14.1 Å². The van der Waals surface area contributed by atoms with Crippen LogP contribution in [0.1, 0.15) is 15.9 Å². The number of carbonyl (C=O) groups excluding carboxylic acids is 1. The maximum Gasteiger partial charge on any atom is 0.288 e. The summed E-state index contributed by atoms with van der Waals surface area (Å²) in [7, 11) is 3.58. The van der Waals surface area contributed by atoms with Crippen LogP contribution in [0.4, 0.5) is 0 Å². The molecule has 0 spiro atoms. The van der Waals surface area contributed by atoms with Crippen LogP contribution in [0, 0.1) is 4.84 Å². The van der Waals surface area contributed by atoms with Crippen LogP contribution in [0.2, 0.25) is 0 Å². The van der Waals surface area contributed by atoms with Crippen molar-refractivity contribution >= 4 is 18.1 Å². The van der Waals surface area contributed by atoms with Crippen LogP contribution >= 0.6 is 12.2 Å². The van der Waals surface area contributed by atoms with Crippen molar-refractivity contribution < 1.29 is 9.21 Å². The molecular formula is C18H19N5O2S. The van der Waals surface area contributed by atoms with E-state index < -0.39 is 0 Å². The molecule has 1 aromatic carbocycles. The Hall–Kier alpha value is -2.84. The van der Waals surface area contributed by atoms with Crippen molar-refractivity contribution in [2.45, 2.75) is 13.2 Å². The zero-order valence-electron chi connectivity index (χ0n) is 14.5. The molecule has 134 valence electrons. The molecule has 0 saturated heterocycles. The van der Waals surface area contributed by atoms with E-state index in [1.165, 1.54) is 0 Å². The number of pyridine rings is 1. The number of hydrogen-bond donors (Lipinski definition) is 1. The fourth-order valence-corrected chi connectivity index (χ4v) is 2.68. The third-order valence-corrected chi connectivity index (χ3v) is 4.08. The lowest BCUT2D eigenvalue weighted by Crippen LogP contribution is -2.22. The summed E-state index contributed by atoms with van der Waals surface area (Å²) in [5.41, 5.74) is 2.51. The molecule has 0 aliphatic carbocycles. The van der Waals surface area contributed by atoms with Crippen molar-refractivity contribution in [1.29, 1.82) is 0 Å². The highest BCUT2D eigenvalue weighted by Crippen LogP contribution is 2.16. The van der Waals surface area contributed by atoms with Gasteiger partial charge in [-0.15, -0.1) is 5.10 Å². The van der Waals surface area contributed by atoms with Gasteiger partial charge in [0.2, 0.25) is 5.89 Å². The van der Waals surface area contributed by atoms with Crippen molar-refractivity contribution in [2.24, 2.45) is 0 Å². The molecule has 7 nitrogen and oxygen atoms in total. The summed E-state index contributed by atoms with van der Waals surface area (Å²) in [6.45, 7) is 1.17. The molecule has 0 aliphatic heterocycles. The first-order valence-corrected chi connectivity index (χ1v) is 8.45. The van der Waals surface area contributed by atoms with E-state index in [-0.39, 0.29) is 5.91 Å². The number of aromatic nitrogens is 3. The molecule has 0 bridgehead atoms. The zero-order chi connectivity index (χ0) is 18.5. The zero-order valence-corrected chi connectivity index (χ0v) is 15.4. The van der Waals surface area contributed by atoms with Gasteiger partial charge >= 0.3 is 0 Å². The van der Waals surface area contributed by atoms with E-state index in [0.717, 1.165) is 11.1 Å². The van der Waals surface area contributed by atoms with Gasteiger partial charge in [-0.05, 0) is 49.1 Å². The van der Waals surface area contributed by atoms with E-state index in [9.17, 15) is 4.79 Å². The quantitative estimate of drug-likeness (QED) is 0.673. The first-order chi connectivity index (χ1) is 12.6. The normalized spacial score (nSPS) is 10.9.